The third kappa shape index (κ3) is 12.4. The number of benzene rings is 2. The second-order valence-corrected chi connectivity index (χ2v) is 11.4. The molecule has 2 aromatic rings. The fourth-order valence-electron chi connectivity index (χ4n) is 3.69. The highest BCUT2D eigenvalue weighted by molar-refractivity contribution is 6.07. The van der Waals surface area contributed by atoms with Crippen molar-refractivity contribution in [2.75, 3.05) is 26.9 Å². The molecule has 0 bridgehead atoms. The number of carbonyl (C=O) groups is 4. The van der Waals surface area contributed by atoms with Gasteiger partial charge in [0, 0.05) is 5.56 Å². The molecule has 0 fully saturated rings. The van der Waals surface area contributed by atoms with Crippen molar-refractivity contribution in [3.63, 3.8) is 0 Å². The Hall–Kier alpha value is -4.60. The van der Waals surface area contributed by atoms with Crippen LogP contribution in [-0.2, 0) is 25.4 Å². The molecule has 10 heteroatoms. The number of amides is 1. The van der Waals surface area contributed by atoms with E-state index in [1.807, 2.05) is 0 Å². The van der Waals surface area contributed by atoms with Crippen LogP contribution in [-0.4, -0.2) is 61.9 Å². The number of carbonyl (C=O) groups excluding carboxylic acids is 4. The number of ketones is 1. The summed E-state index contributed by atoms with van der Waals surface area (Å²) in [4.78, 5) is 49.6. The summed E-state index contributed by atoms with van der Waals surface area (Å²) < 4.78 is 26.8. The van der Waals surface area contributed by atoms with Gasteiger partial charge < -0.3 is 29.0 Å². The van der Waals surface area contributed by atoms with Gasteiger partial charge >= 0.3 is 18.0 Å². The zero-order chi connectivity index (χ0) is 32.2. The van der Waals surface area contributed by atoms with Crippen molar-refractivity contribution in [2.45, 2.75) is 59.2 Å². The maximum absolute atomic E-state index is 13.0. The van der Waals surface area contributed by atoms with E-state index >= 15 is 0 Å². The van der Waals surface area contributed by atoms with E-state index in [-0.39, 0.29) is 30.2 Å². The standard InChI is InChI=1S/C33H41NO9/c1-9-11-24-18-22(19-26(30(37)39-8)29(24)41-21-28(36)42-32(2,3)4)14-15-27(35)23-12-10-13-25(20-23)40-17-16-34-31(38)43-33(5,6)7/h9-10,12-15,18-20H,1,11,16-17,21H2,2-8H3,(H,34,38). The lowest BCUT2D eigenvalue weighted by Crippen LogP contribution is -2.34. The van der Waals surface area contributed by atoms with E-state index in [0.29, 0.717) is 28.9 Å². The minimum absolute atomic E-state index is 0.0906. The maximum atomic E-state index is 13.0. The molecule has 0 aliphatic rings. The topological polar surface area (TPSA) is 126 Å². The predicted molar refractivity (Wildman–Crippen MR) is 163 cm³/mol. The van der Waals surface area contributed by atoms with Gasteiger partial charge in [-0.2, -0.15) is 0 Å². The molecule has 0 unspecified atom stereocenters. The van der Waals surface area contributed by atoms with Crippen LogP contribution in [0.5, 0.6) is 11.5 Å². The van der Waals surface area contributed by atoms with Crippen LogP contribution >= 0.6 is 0 Å². The van der Waals surface area contributed by atoms with Gasteiger partial charge in [-0.25, -0.2) is 14.4 Å². The van der Waals surface area contributed by atoms with Crippen molar-refractivity contribution in [3.05, 3.63) is 77.4 Å². The van der Waals surface area contributed by atoms with Gasteiger partial charge in [0.1, 0.15) is 34.9 Å². The number of ether oxygens (including phenoxy) is 5. The van der Waals surface area contributed by atoms with Gasteiger partial charge in [0.25, 0.3) is 0 Å². The summed E-state index contributed by atoms with van der Waals surface area (Å²) in [7, 11) is 1.24. The molecule has 232 valence electrons. The number of esters is 2. The fourth-order valence-corrected chi connectivity index (χ4v) is 3.69. The fraction of sp³-hybridized carbons (Fsp3) is 0.394. The van der Waals surface area contributed by atoms with Crippen molar-refractivity contribution in [2.24, 2.45) is 0 Å². The van der Waals surface area contributed by atoms with Crippen molar-refractivity contribution in [3.8, 4) is 11.5 Å². The summed E-state index contributed by atoms with van der Waals surface area (Å²) in [6.07, 6.45) is 4.35. The molecule has 2 aromatic carbocycles. The summed E-state index contributed by atoms with van der Waals surface area (Å²) in [6, 6.07) is 9.88. The van der Waals surface area contributed by atoms with Crippen LogP contribution in [0.2, 0.25) is 0 Å². The Morgan fingerprint density at radius 3 is 2.26 bits per heavy atom. The Morgan fingerprint density at radius 1 is 0.930 bits per heavy atom. The van der Waals surface area contributed by atoms with Crippen molar-refractivity contribution in [1.82, 2.24) is 5.32 Å². The number of rotatable bonds is 13. The molecule has 0 spiro atoms. The van der Waals surface area contributed by atoms with E-state index < -0.39 is 35.8 Å². The van der Waals surface area contributed by atoms with Crippen LogP contribution in [0.15, 0.2) is 55.1 Å². The first-order valence-corrected chi connectivity index (χ1v) is 13.7. The summed E-state index contributed by atoms with van der Waals surface area (Å²) in [6.45, 7) is 14.3. The van der Waals surface area contributed by atoms with Gasteiger partial charge in [0.2, 0.25) is 0 Å². The Labute approximate surface area is 253 Å². The van der Waals surface area contributed by atoms with Gasteiger partial charge in [0.15, 0.2) is 12.4 Å². The normalized spacial score (nSPS) is 11.4. The third-order valence-electron chi connectivity index (χ3n) is 5.30. The van der Waals surface area contributed by atoms with E-state index in [2.05, 4.69) is 11.9 Å². The minimum Gasteiger partial charge on any atom is -0.492 e. The van der Waals surface area contributed by atoms with Crippen LogP contribution in [0, 0.1) is 0 Å². The molecular weight excluding hydrogens is 554 g/mol. The number of methoxy groups -OCH3 is 1. The molecule has 1 N–H and O–H groups in total. The molecule has 0 aromatic heterocycles. The molecule has 1 amide bonds. The average molecular weight is 596 g/mol. The Balaban J connectivity index is 2.18. The zero-order valence-corrected chi connectivity index (χ0v) is 25.9. The van der Waals surface area contributed by atoms with Crippen molar-refractivity contribution < 1.29 is 42.9 Å². The Bertz CT molecular complexity index is 1350. The molecule has 0 heterocycles. The zero-order valence-electron chi connectivity index (χ0n) is 25.9. The summed E-state index contributed by atoms with van der Waals surface area (Å²) in [5, 5.41) is 2.61. The van der Waals surface area contributed by atoms with Crippen molar-refractivity contribution in [1.29, 1.82) is 0 Å². The van der Waals surface area contributed by atoms with E-state index in [9.17, 15) is 19.2 Å². The molecule has 43 heavy (non-hydrogen) atoms. The lowest BCUT2D eigenvalue weighted by molar-refractivity contribution is -0.157. The van der Waals surface area contributed by atoms with E-state index in [1.165, 1.54) is 19.3 Å². The first-order valence-electron chi connectivity index (χ1n) is 13.7. The quantitative estimate of drug-likeness (QED) is 0.0772. The number of alkyl carbamates (subject to hydrolysis) is 1. The van der Waals surface area contributed by atoms with Crippen LogP contribution < -0.4 is 14.8 Å². The van der Waals surface area contributed by atoms with Gasteiger partial charge in [-0.1, -0.05) is 24.3 Å². The van der Waals surface area contributed by atoms with Crippen LogP contribution in [0.4, 0.5) is 4.79 Å². The summed E-state index contributed by atoms with van der Waals surface area (Å²) in [5.74, 6) is -0.928. The van der Waals surface area contributed by atoms with E-state index in [0.717, 1.165) is 0 Å². The number of nitrogens with one attached hydrogen (secondary N) is 1. The highest BCUT2D eigenvalue weighted by atomic mass is 16.6. The Kier molecular flexibility index (Phi) is 12.5. The second kappa shape index (κ2) is 15.6. The predicted octanol–water partition coefficient (Wildman–Crippen LogP) is 5.72. The SMILES string of the molecule is C=CCc1cc(C=CC(=O)c2cccc(OCCNC(=O)OC(C)(C)C)c2)cc(C(=O)OC)c1OCC(=O)OC(C)(C)C. The molecular formula is C33H41NO9. The van der Waals surface area contributed by atoms with Gasteiger partial charge in [0.05, 0.1) is 13.7 Å². The van der Waals surface area contributed by atoms with Gasteiger partial charge in [-0.3, -0.25) is 4.79 Å². The average Bonchev–Trinajstić information content (AvgIpc) is 2.91. The molecule has 0 radical (unpaired) electrons. The molecule has 0 atom stereocenters. The van der Waals surface area contributed by atoms with Crippen LogP contribution in [0.3, 0.4) is 0 Å². The van der Waals surface area contributed by atoms with E-state index in [4.69, 9.17) is 23.7 Å². The molecule has 0 saturated carbocycles. The largest absolute Gasteiger partial charge is 0.492 e. The van der Waals surface area contributed by atoms with Crippen LogP contribution in [0.1, 0.15) is 73.4 Å². The third-order valence-corrected chi connectivity index (χ3v) is 5.30. The first-order chi connectivity index (χ1) is 20.1. The van der Waals surface area contributed by atoms with Gasteiger partial charge in [-0.15, -0.1) is 6.58 Å². The smallest absolute Gasteiger partial charge is 0.407 e. The number of hydrogen-bond acceptors (Lipinski definition) is 9. The molecule has 2 rings (SSSR count). The minimum atomic E-state index is -0.693. The summed E-state index contributed by atoms with van der Waals surface area (Å²) in [5.41, 5.74) is 0.290. The number of allylic oxidation sites excluding steroid dienone is 2. The Morgan fingerprint density at radius 2 is 1.63 bits per heavy atom. The monoisotopic (exact) mass is 595 g/mol. The number of hydrogen-bond donors (Lipinski definition) is 1. The lowest BCUT2D eigenvalue weighted by atomic mass is 10.00. The lowest BCUT2D eigenvalue weighted by Gasteiger charge is -2.20. The molecule has 10 nitrogen and oxygen atoms in total. The van der Waals surface area contributed by atoms with E-state index in [1.54, 1.807) is 84.0 Å². The molecule has 0 aliphatic heterocycles. The molecule has 0 saturated heterocycles. The highest BCUT2D eigenvalue weighted by Gasteiger charge is 2.22. The molecule has 0 aliphatic carbocycles. The second-order valence-electron chi connectivity index (χ2n) is 11.4. The maximum Gasteiger partial charge on any atom is 0.407 e. The summed E-state index contributed by atoms with van der Waals surface area (Å²) >= 11 is 0. The first kappa shape index (κ1) is 34.6. The van der Waals surface area contributed by atoms with Crippen LogP contribution in [0.25, 0.3) is 6.08 Å². The highest BCUT2D eigenvalue weighted by Crippen LogP contribution is 2.29. The van der Waals surface area contributed by atoms with Gasteiger partial charge in [-0.05, 0) is 89.4 Å². The van der Waals surface area contributed by atoms with Crippen molar-refractivity contribution >= 4 is 29.9 Å².